The number of rotatable bonds is 16. The lowest BCUT2D eigenvalue weighted by Crippen LogP contribution is -2.29. The zero-order valence-corrected chi connectivity index (χ0v) is 66.7. The Hall–Kier alpha value is -16.3. The van der Waals surface area contributed by atoms with Gasteiger partial charge >= 0.3 is 0 Å². The van der Waals surface area contributed by atoms with E-state index in [1.807, 2.05) is 231 Å². The van der Waals surface area contributed by atoms with Crippen LogP contribution in [0.3, 0.4) is 0 Å². The van der Waals surface area contributed by atoms with E-state index in [9.17, 15) is 11.0 Å². The number of fused-ring (bicyclic) bond motifs is 14. The lowest BCUT2D eigenvalue weighted by molar-refractivity contribution is 0.648. The number of hydrogen-bond donors (Lipinski definition) is 0. The molecule has 0 aliphatic heterocycles. The third kappa shape index (κ3) is 12.2. The van der Waals surface area contributed by atoms with Crippen molar-refractivity contribution < 1.29 is 28.0 Å². The van der Waals surface area contributed by atoms with E-state index in [0.717, 1.165) is 134 Å². The summed E-state index contributed by atoms with van der Waals surface area (Å²) in [5, 5.41) is 3.01. The number of hydrogen-bond acceptors (Lipinski definition) is 6. The predicted octanol–water partition coefficient (Wildman–Crippen LogP) is 32.1. The first-order chi connectivity index (χ1) is 67.3. The largest absolute Gasteiger partial charge is 0.456 e. The normalized spacial score (nSPS) is 14.2. The molecule has 0 radical (unpaired) electrons. The summed E-state index contributed by atoms with van der Waals surface area (Å²) in [6, 6.07) is 128. The minimum absolute atomic E-state index is 0.108. The highest BCUT2D eigenvalue weighted by Gasteiger charge is 2.50. The van der Waals surface area contributed by atoms with Crippen molar-refractivity contribution in [2.75, 3.05) is 19.6 Å². The minimum Gasteiger partial charge on any atom is -0.456 e. The molecule has 6 heteroatoms. The van der Waals surface area contributed by atoms with Gasteiger partial charge in [0.1, 0.15) is 22.3 Å². The summed E-state index contributed by atoms with van der Waals surface area (Å²) in [6.45, 7) is 0. The maximum Gasteiger partial charge on any atom is 0.140 e. The van der Waals surface area contributed by atoms with Crippen LogP contribution in [0.1, 0.15) is 63.7 Å². The minimum atomic E-state index is -1.54. The van der Waals surface area contributed by atoms with Crippen LogP contribution < -0.4 is 19.6 Å². The molecular formula is C118H80N4O2. The third-order valence-corrected chi connectivity index (χ3v) is 24.2. The van der Waals surface area contributed by atoms with Gasteiger partial charge in [0.2, 0.25) is 0 Å². The first kappa shape index (κ1) is 59.4. The SMILES string of the molecule is [2H]c1c([2H])c([2H])c2c([2H])c(C3(c4ccc5c(c4)oc4ccccc45)c4ccc(N(c5ccccc5)c5ccccc5)cc4-c4cc(N(c5ccccc5)c5ccccc5)ccc43)c([2H])c([2H])c2c1[2H].[2H]c1c([2H])c([2H])c2c([2H])c(C3(c4cccc5c4oc4ccccc45)c4ccc(N(c5ccccc5)c5ccccc5)cc4-c4cc(N(c5ccccc5)c5ccccc5)ccc43)c([2H])c([2H])c2c1[2H]. The van der Waals surface area contributed by atoms with Crippen LogP contribution in [-0.4, -0.2) is 0 Å². The quantitative estimate of drug-likeness (QED) is 0.0960. The van der Waals surface area contributed by atoms with Gasteiger partial charge in [-0.15, -0.1) is 0 Å². The molecule has 24 rings (SSSR count). The number of benzene rings is 20. The molecule has 584 valence electrons. The maximum atomic E-state index is 10.3. The van der Waals surface area contributed by atoms with Crippen molar-refractivity contribution in [2.45, 2.75) is 10.8 Å². The molecule has 0 unspecified atom stereocenters. The van der Waals surface area contributed by atoms with Gasteiger partial charge in [0, 0.05) is 95.4 Å². The molecule has 0 amide bonds. The van der Waals surface area contributed by atoms with Crippen LogP contribution in [0.5, 0.6) is 0 Å². The summed E-state index contributed by atoms with van der Waals surface area (Å²) in [7, 11) is 0. The Kier molecular flexibility index (Phi) is 14.6. The van der Waals surface area contributed by atoms with Crippen molar-refractivity contribution in [2.24, 2.45) is 0 Å². The smallest absolute Gasteiger partial charge is 0.140 e. The molecule has 0 fully saturated rings. The van der Waals surface area contributed by atoms with Gasteiger partial charge in [-0.2, -0.15) is 0 Å². The molecule has 2 aliphatic carbocycles. The Morgan fingerprint density at radius 2 is 0.492 bits per heavy atom. The molecule has 0 N–H and O–H groups in total. The lowest BCUT2D eigenvalue weighted by atomic mass is 9.67. The molecule has 0 saturated carbocycles. The molecule has 20 aromatic carbocycles. The van der Waals surface area contributed by atoms with Crippen LogP contribution in [0.2, 0.25) is 0 Å². The van der Waals surface area contributed by atoms with E-state index in [1.165, 1.54) is 0 Å². The predicted molar refractivity (Wildman–Crippen MR) is 516 cm³/mol. The molecule has 0 bridgehead atoms. The van der Waals surface area contributed by atoms with Gasteiger partial charge in [-0.3, -0.25) is 0 Å². The molecular weight excluding hydrogens is 1510 g/mol. The Morgan fingerprint density at radius 3 is 0.863 bits per heavy atom. The van der Waals surface area contributed by atoms with Gasteiger partial charge in [0.25, 0.3) is 0 Å². The molecule has 6 nitrogen and oxygen atoms in total. The summed E-state index contributed by atoms with van der Waals surface area (Å²) in [4.78, 5) is 8.80. The van der Waals surface area contributed by atoms with Crippen molar-refractivity contribution in [3.8, 4) is 22.3 Å². The summed E-state index contributed by atoms with van der Waals surface area (Å²) < 4.78 is 145. The highest BCUT2D eigenvalue weighted by atomic mass is 16.3. The monoisotopic (exact) mass is 1600 g/mol. The van der Waals surface area contributed by atoms with Crippen LogP contribution in [0.4, 0.5) is 68.2 Å². The zero-order valence-electron chi connectivity index (χ0n) is 80.7. The Balaban J connectivity index is 0.000000155. The number of anilines is 12. The van der Waals surface area contributed by atoms with Crippen LogP contribution >= 0.6 is 0 Å². The van der Waals surface area contributed by atoms with Gasteiger partial charge in [0.15, 0.2) is 0 Å². The van der Waals surface area contributed by atoms with E-state index in [-0.39, 0.29) is 68.9 Å². The molecule has 0 spiro atoms. The topological polar surface area (TPSA) is 39.2 Å². The van der Waals surface area contributed by atoms with Gasteiger partial charge in [-0.05, 0) is 259 Å². The average molecular weight is 1600 g/mol. The standard InChI is InChI=1S/2C59H40N2O/c1-5-20-44(21-6-1)60(45-22-7-2-8-23-45)48-34-36-54-52(39-48)53-40-49(61(46-24-9-3-10-25-46)47-26-11-4-12-27-47)35-37-55(53)59(54,43-33-32-41-18-13-14-19-42(41)38-43)56-30-17-29-51-50-28-15-16-31-57(50)62-58(51)56;1-5-19-45(20-6-1)60(46-21-7-2-8-22-46)49-32-35-55-53(39-49)54-40-50(61(47-23-9-3-10-24-47)48-25-11-4-12-26-48)33-36-56(54)59(55,43-30-29-41-17-13-14-18-42(41)37-43)44-31-34-52-51-27-15-16-28-57(51)62-58(52)38-44/h2*1-40H/i13D,14D,18D,19D,32D,33D,38D;13D,14D,17D,18D,29D,30D,37D. The van der Waals surface area contributed by atoms with Crippen molar-refractivity contribution in [3.05, 3.63) is 529 Å². The molecule has 124 heavy (non-hydrogen) atoms. The van der Waals surface area contributed by atoms with Crippen LogP contribution in [0.15, 0.2) is 494 Å². The molecule has 2 aromatic heterocycles. The fourth-order valence-electron chi connectivity index (χ4n) is 18.9. The second-order valence-electron chi connectivity index (χ2n) is 31.0. The van der Waals surface area contributed by atoms with Crippen molar-refractivity contribution >= 4 is 134 Å². The van der Waals surface area contributed by atoms with E-state index < -0.39 is 59.2 Å². The molecule has 22 aromatic rings. The first-order valence-corrected chi connectivity index (χ1v) is 41.4. The van der Waals surface area contributed by atoms with Crippen molar-refractivity contribution in [1.82, 2.24) is 0 Å². The van der Waals surface area contributed by atoms with Crippen molar-refractivity contribution in [1.29, 1.82) is 0 Å². The second-order valence-corrected chi connectivity index (χ2v) is 31.0. The van der Waals surface area contributed by atoms with E-state index in [2.05, 4.69) is 189 Å². The fourth-order valence-corrected chi connectivity index (χ4v) is 18.9. The number of nitrogens with zero attached hydrogens (tertiary/aromatic N) is 4. The average Bonchev–Trinajstić information content (AvgIpc) is 1.50. The summed E-state index contributed by atoms with van der Waals surface area (Å²) in [6.07, 6.45) is 0. The van der Waals surface area contributed by atoms with E-state index in [1.54, 1.807) is 0 Å². The van der Waals surface area contributed by atoms with Gasteiger partial charge in [0.05, 0.1) is 30.0 Å². The van der Waals surface area contributed by atoms with E-state index in [4.69, 9.17) is 17.1 Å². The van der Waals surface area contributed by atoms with E-state index in [0.29, 0.717) is 33.5 Å². The van der Waals surface area contributed by atoms with E-state index >= 15 is 0 Å². The fraction of sp³-hybridized carbons (Fsp3) is 0.0169. The van der Waals surface area contributed by atoms with Gasteiger partial charge < -0.3 is 28.4 Å². The highest BCUT2D eigenvalue weighted by molar-refractivity contribution is 6.09. The molecule has 2 aliphatic rings. The molecule has 2 heterocycles. The van der Waals surface area contributed by atoms with Crippen molar-refractivity contribution in [3.63, 3.8) is 0 Å². The Labute approximate surface area is 739 Å². The number of para-hydroxylation sites is 11. The Bertz CT molecular complexity index is 8240. The Morgan fingerprint density at radius 1 is 0.194 bits per heavy atom. The third-order valence-electron chi connectivity index (χ3n) is 24.2. The summed E-state index contributed by atoms with van der Waals surface area (Å²) >= 11 is 0. The van der Waals surface area contributed by atoms with Gasteiger partial charge in [-0.1, -0.05) is 309 Å². The van der Waals surface area contributed by atoms with Crippen LogP contribution in [0.25, 0.3) is 87.7 Å². The summed E-state index contributed by atoms with van der Waals surface area (Å²) in [5.74, 6) is 0. The maximum absolute atomic E-state index is 10.3. The molecule has 0 saturated heterocycles. The highest BCUT2D eigenvalue weighted by Crippen LogP contribution is 2.62. The van der Waals surface area contributed by atoms with Crippen LogP contribution in [-0.2, 0) is 10.8 Å². The van der Waals surface area contributed by atoms with Gasteiger partial charge in [-0.25, -0.2) is 0 Å². The lowest BCUT2D eigenvalue weighted by Gasteiger charge is -2.35. The summed E-state index contributed by atoms with van der Waals surface area (Å²) in [5.41, 5.74) is 18.2. The first-order valence-electron chi connectivity index (χ1n) is 48.4. The number of furan rings is 2. The van der Waals surface area contributed by atoms with Crippen LogP contribution in [0, 0.1) is 0 Å². The zero-order chi connectivity index (χ0) is 94.3. The second kappa shape index (κ2) is 30.5. The molecule has 0 atom stereocenters.